The number of halogens is 3. The maximum atomic E-state index is 6.21. The predicted molar refractivity (Wildman–Crippen MR) is 97.1 cm³/mol. The maximum Gasteiger partial charge on any atom is 0.137 e. The highest BCUT2D eigenvalue weighted by atomic mass is 79.9. The lowest BCUT2D eigenvalue weighted by molar-refractivity contribution is 0.407. The van der Waals surface area contributed by atoms with E-state index in [0.717, 1.165) is 15.8 Å². The van der Waals surface area contributed by atoms with Gasteiger partial charge in [0.1, 0.15) is 5.75 Å². The SMILES string of the molecule is COc1c(Br)cc(Cl)cc1C(Br)c1c(C)cc(C)cc1C. The first-order chi connectivity index (χ1) is 9.85. The molecule has 0 aromatic heterocycles. The largest absolute Gasteiger partial charge is 0.495 e. The van der Waals surface area contributed by atoms with Gasteiger partial charge in [0.05, 0.1) is 16.4 Å². The van der Waals surface area contributed by atoms with Crippen LogP contribution in [0.1, 0.15) is 32.6 Å². The van der Waals surface area contributed by atoms with Gasteiger partial charge in [-0.3, -0.25) is 0 Å². The molecule has 1 unspecified atom stereocenters. The molecule has 0 saturated heterocycles. The van der Waals surface area contributed by atoms with E-state index in [-0.39, 0.29) is 4.83 Å². The smallest absolute Gasteiger partial charge is 0.137 e. The molecule has 1 atom stereocenters. The molecule has 0 bridgehead atoms. The van der Waals surface area contributed by atoms with E-state index >= 15 is 0 Å². The standard InChI is InChI=1S/C17H17Br2ClO/c1-9-5-10(2)15(11(3)6-9)16(19)13-7-12(20)8-14(18)17(13)21-4/h5-8,16H,1-4H3. The summed E-state index contributed by atoms with van der Waals surface area (Å²) in [5, 5.41) is 0.685. The van der Waals surface area contributed by atoms with Crippen LogP contribution in [0.15, 0.2) is 28.7 Å². The fourth-order valence-corrected chi connectivity index (χ4v) is 4.79. The first kappa shape index (κ1) is 16.9. The lowest BCUT2D eigenvalue weighted by Gasteiger charge is -2.20. The van der Waals surface area contributed by atoms with E-state index in [4.69, 9.17) is 16.3 Å². The molecule has 0 aliphatic heterocycles. The number of alkyl halides is 1. The molecule has 1 nitrogen and oxygen atoms in total. The van der Waals surface area contributed by atoms with Crippen LogP contribution >= 0.6 is 43.5 Å². The van der Waals surface area contributed by atoms with E-state index in [1.165, 1.54) is 22.3 Å². The molecule has 0 heterocycles. The average Bonchev–Trinajstić information content (AvgIpc) is 2.36. The number of rotatable bonds is 3. The van der Waals surface area contributed by atoms with Crippen molar-refractivity contribution in [2.45, 2.75) is 25.6 Å². The molecule has 0 N–H and O–H groups in total. The molecule has 0 spiro atoms. The highest BCUT2D eigenvalue weighted by Gasteiger charge is 2.21. The van der Waals surface area contributed by atoms with Crippen LogP contribution in [0, 0.1) is 20.8 Å². The first-order valence-corrected chi connectivity index (χ1v) is 8.68. The highest BCUT2D eigenvalue weighted by molar-refractivity contribution is 9.10. The van der Waals surface area contributed by atoms with Crippen LogP contribution in [-0.4, -0.2) is 7.11 Å². The summed E-state index contributed by atoms with van der Waals surface area (Å²) < 4.78 is 6.40. The van der Waals surface area contributed by atoms with Crippen LogP contribution in [-0.2, 0) is 0 Å². The first-order valence-electron chi connectivity index (χ1n) is 6.60. The van der Waals surface area contributed by atoms with Crippen molar-refractivity contribution in [3.05, 3.63) is 61.6 Å². The number of hydrogen-bond donors (Lipinski definition) is 0. The Labute approximate surface area is 147 Å². The van der Waals surface area contributed by atoms with Crippen molar-refractivity contribution in [1.29, 1.82) is 0 Å². The van der Waals surface area contributed by atoms with Crippen molar-refractivity contribution in [2.75, 3.05) is 7.11 Å². The Bertz CT molecular complexity index is 660. The Kier molecular flexibility index (Phi) is 5.39. The van der Waals surface area contributed by atoms with Crippen molar-refractivity contribution in [3.63, 3.8) is 0 Å². The lowest BCUT2D eigenvalue weighted by Crippen LogP contribution is -2.03. The summed E-state index contributed by atoms with van der Waals surface area (Å²) in [5.74, 6) is 0.806. The highest BCUT2D eigenvalue weighted by Crippen LogP contribution is 2.44. The van der Waals surface area contributed by atoms with Crippen LogP contribution in [0.25, 0.3) is 0 Å². The molecule has 0 amide bonds. The van der Waals surface area contributed by atoms with Gasteiger partial charge >= 0.3 is 0 Å². The van der Waals surface area contributed by atoms with Gasteiger partial charge in [-0.05, 0) is 65.5 Å². The quantitative estimate of drug-likeness (QED) is 0.502. The molecular weight excluding hydrogens is 415 g/mol. The van der Waals surface area contributed by atoms with E-state index in [0.29, 0.717) is 5.02 Å². The third-order valence-electron chi connectivity index (χ3n) is 3.51. The summed E-state index contributed by atoms with van der Waals surface area (Å²) in [6, 6.07) is 8.19. The molecule has 0 saturated carbocycles. The van der Waals surface area contributed by atoms with Gasteiger partial charge < -0.3 is 4.74 Å². The van der Waals surface area contributed by atoms with Gasteiger partial charge in [0.25, 0.3) is 0 Å². The number of hydrogen-bond acceptors (Lipinski definition) is 1. The summed E-state index contributed by atoms with van der Waals surface area (Å²) in [6.45, 7) is 6.38. The van der Waals surface area contributed by atoms with Crippen LogP contribution in [0.5, 0.6) is 5.75 Å². The Morgan fingerprint density at radius 3 is 2.14 bits per heavy atom. The molecule has 0 aliphatic rings. The molecule has 0 fully saturated rings. The van der Waals surface area contributed by atoms with Gasteiger partial charge in [-0.15, -0.1) is 0 Å². The number of ether oxygens (including phenoxy) is 1. The van der Waals surface area contributed by atoms with Crippen LogP contribution in [0.3, 0.4) is 0 Å². The second-order valence-electron chi connectivity index (χ2n) is 5.19. The lowest BCUT2D eigenvalue weighted by atomic mass is 9.94. The zero-order valence-corrected chi connectivity index (χ0v) is 16.4. The zero-order chi connectivity index (χ0) is 15.7. The Balaban J connectivity index is 2.63. The molecule has 21 heavy (non-hydrogen) atoms. The predicted octanol–water partition coefficient (Wildman–Crippen LogP) is 6.52. The summed E-state index contributed by atoms with van der Waals surface area (Å²) in [6.07, 6.45) is 0. The Hall–Kier alpha value is -0.510. The summed E-state index contributed by atoms with van der Waals surface area (Å²) >= 11 is 13.5. The zero-order valence-electron chi connectivity index (χ0n) is 12.4. The molecule has 2 aromatic rings. The Morgan fingerprint density at radius 1 is 1.05 bits per heavy atom. The van der Waals surface area contributed by atoms with Crippen LogP contribution in [0.2, 0.25) is 5.02 Å². The van der Waals surface area contributed by atoms with Crippen molar-refractivity contribution in [1.82, 2.24) is 0 Å². The minimum absolute atomic E-state index is 0.0306. The second kappa shape index (κ2) is 6.72. The van der Waals surface area contributed by atoms with Gasteiger partial charge in [-0.25, -0.2) is 0 Å². The molecule has 112 valence electrons. The molecular formula is C17H17Br2ClO. The molecule has 0 radical (unpaired) electrons. The Morgan fingerprint density at radius 2 is 1.62 bits per heavy atom. The number of aryl methyl sites for hydroxylation is 3. The van der Waals surface area contributed by atoms with Gasteiger partial charge in [0.2, 0.25) is 0 Å². The fourth-order valence-electron chi connectivity index (χ4n) is 2.73. The second-order valence-corrected chi connectivity index (χ2v) is 7.39. The van der Waals surface area contributed by atoms with Gasteiger partial charge in [-0.1, -0.05) is 45.2 Å². The monoisotopic (exact) mass is 430 g/mol. The summed E-state index contributed by atoms with van der Waals surface area (Å²) in [4.78, 5) is 0.0306. The minimum atomic E-state index is 0.0306. The van der Waals surface area contributed by atoms with E-state index < -0.39 is 0 Å². The molecule has 0 aliphatic carbocycles. The number of benzene rings is 2. The van der Waals surface area contributed by atoms with Crippen molar-refractivity contribution in [3.8, 4) is 5.75 Å². The van der Waals surface area contributed by atoms with E-state index in [1.54, 1.807) is 7.11 Å². The topological polar surface area (TPSA) is 9.23 Å². The van der Waals surface area contributed by atoms with Gasteiger partial charge in [0.15, 0.2) is 0 Å². The van der Waals surface area contributed by atoms with E-state index in [1.807, 2.05) is 12.1 Å². The summed E-state index contributed by atoms with van der Waals surface area (Å²) in [7, 11) is 1.67. The van der Waals surface area contributed by atoms with Crippen LogP contribution < -0.4 is 4.74 Å². The average molecular weight is 433 g/mol. The molecule has 2 rings (SSSR count). The van der Waals surface area contributed by atoms with Crippen molar-refractivity contribution < 1.29 is 4.74 Å². The normalized spacial score (nSPS) is 12.3. The van der Waals surface area contributed by atoms with Crippen molar-refractivity contribution in [2.24, 2.45) is 0 Å². The van der Waals surface area contributed by atoms with E-state index in [2.05, 4.69) is 64.8 Å². The van der Waals surface area contributed by atoms with Crippen molar-refractivity contribution >= 4 is 43.5 Å². The minimum Gasteiger partial charge on any atom is -0.495 e. The summed E-state index contributed by atoms with van der Waals surface area (Å²) in [5.41, 5.74) is 6.06. The van der Waals surface area contributed by atoms with Gasteiger partial charge in [-0.2, -0.15) is 0 Å². The third kappa shape index (κ3) is 3.46. The van der Waals surface area contributed by atoms with Crippen LogP contribution in [0.4, 0.5) is 0 Å². The molecule has 4 heteroatoms. The van der Waals surface area contributed by atoms with Gasteiger partial charge in [0, 0.05) is 10.6 Å². The fraction of sp³-hybridized carbons (Fsp3) is 0.294. The number of methoxy groups -OCH3 is 1. The van der Waals surface area contributed by atoms with E-state index in [9.17, 15) is 0 Å². The maximum absolute atomic E-state index is 6.21. The third-order valence-corrected chi connectivity index (χ3v) is 5.26. The molecule has 2 aromatic carbocycles.